The molecule has 0 aromatic carbocycles. The highest BCUT2D eigenvalue weighted by Crippen LogP contribution is 2.23. The Morgan fingerprint density at radius 1 is 1.56 bits per heavy atom. The van der Waals surface area contributed by atoms with E-state index in [9.17, 15) is 4.79 Å². The Kier molecular flexibility index (Phi) is 3.28. The van der Waals surface area contributed by atoms with E-state index in [-0.39, 0.29) is 5.91 Å². The Morgan fingerprint density at radius 3 is 2.81 bits per heavy atom. The highest BCUT2D eigenvalue weighted by Gasteiger charge is 2.28. The van der Waals surface area contributed by atoms with Gasteiger partial charge in [0.15, 0.2) is 0 Å². The predicted octanol–water partition coefficient (Wildman–Crippen LogP) is 2.47. The fraction of sp³-hybridized carbons (Fsp3) is 0.583. The molecule has 1 aliphatic heterocycles. The molecule has 0 saturated carbocycles. The van der Waals surface area contributed by atoms with Gasteiger partial charge in [0.2, 0.25) is 0 Å². The lowest BCUT2D eigenvalue weighted by Crippen LogP contribution is -2.29. The molecule has 4 heteroatoms. The van der Waals surface area contributed by atoms with Crippen molar-refractivity contribution >= 4 is 17.7 Å². The van der Waals surface area contributed by atoms with Gasteiger partial charge in [-0.05, 0) is 32.6 Å². The zero-order chi connectivity index (χ0) is 11.7. The van der Waals surface area contributed by atoms with E-state index in [0.29, 0.717) is 5.25 Å². The number of aryl methyl sites for hydroxylation is 2. The van der Waals surface area contributed by atoms with Crippen LogP contribution in [0.1, 0.15) is 28.3 Å². The van der Waals surface area contributed by atoms with Crippen LogP contribution in [0.4, 0.5) is 0 Å². The molecule has 16 heavy (non-hydrogen) atoms. The maximum absolute atomic E-state index is 12.2. The van der Waals surface area contributed by atoms with Gasteiger partial charge in [-0.15, -0.1) is 0 Å². The molecule has 1 fully saturated rings. The first-order chi connectivity index (χ1) is 7.61. The third kappa shape index (κ3) is 2.12. The second-order valence-corrected chi connectivity index (χ2v) is 5.36. The van der Waals surface area contributed by atoms with Crippen LogP contribution in [0, 0.1) is 13.8 Å². The van der Waals surface area contributed by atoms with Gasteiger partial charge in [0.1, 0.15) is 11.5 Å². The van der Waals surface area contributed by atoms with Crippen LogP contribution >= 0.6 is 11.8 Å². The van der Waals surface area contributed by atoms with Crippen LogP contribution < -0.4 is 0 Å². The minimum absolute atomic E-state index is 0.117. The van der Waals surface area contributed by atoms with Gasteiger partial charge >= 0.3 is 0 Å². The second-order valence-electron chi connectivity index (χ2n) is 4.22. The Labute approximate surface area is 100 Å². The summed E-state index contributed by atoms with van der Waals surface area (Å²) in [6.07, 6.45) is 3.20. The second kappa shape index (κ2) is 4.53. The summed E-state index contributed by atoms with van der Waals surface area (Å²) in [7, 11) is 0. The third-order valence-electron chi connectivity index (χ3n) is 3.04. The molecule has 1 unspecified atom stereocenters. The Balaban J connectivity index is 2.11. The zero-order valence-corrected chi connectivity index (χ0v) is 10.8. The van der Waals surface area contributed by atoms with Gasteiger partial charge in [-0.2, -0.15) is 11.8 Å². The molecule has 1 aliphatic rings. The van der Waals surface area contributed by atoms with Gasteiger partial charge in [-0.1, -0.05) is 0 Å². The number of hydrogen-bond acceptors (Lipinski definition) is 3. The first kappa shape index (κ1) is 11.6. The summed E-state index contributed by atoms with van der Waals surface area (Å²) in [5.41, 5.74) is 0.722. The molecule has 1 amide bonds. The number of amides is 1. The molecule has 1 aromatic heterocycles. The fourth-order valence-corrected chi connectivity index (χ4v) is 2.79. The molecule has 0 N–H and O–H groups in total. The van der Waals surface area contributed by atoms with Crippen LogP contribution in [0.15, 0.2) is 10.5 Å². The number of rotatable bonds is 2. The van der Waals surface area contributed by atoms with Gasteiger partial charge < -0.3 is 9.32 Å². The maximum Gasteiger partial charge on any atom is 0.257 e. The Hall–Kier alpha value is -0.900. The third-order valence-corrected chi connectivity index (χ3v) is 4.09. The van der Waals surface area contributed by atoms with E-state index < -0.39 is 0 Å². The number of furan rings is 1. The molecule has 2 rings (SSSR count). The average Bonchev–Trinajstić information content (AvgIpc) is 2.84. The molecule has 1 aromatic rings. The molecule has 3 nitrogen and oxygen atoms in total. The van der Waals surface area contributed by atoms with E-state index in [1.807, 2.05) is 36.6 Å². The van der Waals surface area contributed by atoms with Crippen LogP contribution in [0.25, 0.3) is 0 Å². The summed E-state index contributed by atoms with van der Waals surface area (Å²) in [6.45, 7) is 5.46. The lowest BCUT2D eigenvalue weighted by Gasteiger charge is -2.15. The summed E-state index contributed by atoms with van der Waals surface area (Å²) in [5.74, 6) is 1.66. The van der Waals surface area contributed by atoms with Crippen molar-refractivity contribution in [3.63, 3.8) is 0 Å². The van der Waals surface area contributed by atoms with Crippen molar-refractivity contribution in [3.05, 3.63) is 23.2 Å². The summed E-state index contributed by atoms with van der Waals surface area (Å²) >= 11 is 1.84. The first-order valence-electron chi connectivity index (χ1n) is 5.51. The van der Waals surface area contributed by atoms with E-state index in [0.717, 1.165) is 36.6 Å². The van der Waals surface area contributed by atoms with Gasteiger partial charge in [-0.25, -0.2) is 0 Å². The number of nitrogens with zero attached hydrogens (tertiary/aromatic N) is 1. The van der Waals surface area contributed by atoms with Gasteiger partial charge in [0.05, 0.1) is 5.56 Å². The quantitative estimate of drug-likeness (QED) is 0.795. The molecular formula is C12H17NO2S. The zero-order valence-electron chi connectivity index (χ0n) is 9.95. The van der Waals surface area contributed by atoms with Crippen LogP contribution in [0.3, 0.4) is 0 Å². The Morgan fingerprint density at radius 2 is 2.31 bits per heavy atom. The SMILES string of the molecule is CSC1CCN(C(=O)c2cc(C)oc2C)C1. The van der Waals surface area contributed by atoms with Crippen molar-refractivity contribution < 1.29 is 9.21 Å². The number of hydrogen-bond donors (Lipinski definition) is 0. The topological polar surface area (TPSA) is 33.5 Å². The number of likely N-dealkylation sites (tertiary alicyclic amines) is 1. The molecule has 88 valence electrons. The smallest absolute Gasteiger partial charge is 0.257 e. The van der Waals surface area contributed by atoms with E-state index in [2.05, 4.69) is 6.26 Å². The first-order valence-corrected chi connectivity index (χ1v) is 6.79. The minimum Gasteiger partial charge on any atom is -0.466 e. The van der Waals surface area contributed by atoms with Crippen LogP contribution in [0.5, 0.6) is 0 Å². The predicted molar refractivity (Wildman–Crippen MR) is 66.0 cm³/mol. The van der Waals surface area contributed by atoms with E-state index >= 15 is 0 Å². The molecule has 1 saturated heterocycles. The fourth-order valence-electron chi connectivity index (χ4n) is 2.12. The van der Waals surface area contributed by atoms with Gasteiger partial charge in [-0.3, -0.25) is 4.79 Å². The summed E-state index contributed by atoms with van der Waals surface area (Å²) < 4.78 is 5.40. The van der Waals surface area contributed by atoms with E-state index in [4.69, 9.17) is 4.42 Å². The largest absolute Gasteiger partial charge is 0.466 e. The normalized spacial score (nSPS) is 20.4. The number of carbonyl (C=O) groups is 1. The standard InChI is InChI=1S/C12H17NO2S/c1-8-6-11(9(2)15-8)12(14)13-5-4-10(7-13)16-3/h6,10H,4-5,7H2,1-3H3. The molecule has 0 bridgehead atoms. The molecule has 1 atom stereocenters. The Bertz CT molecular complexity index is 400. The minimum atomic E-state index is 0.117. The van der Waals surface area contributed by atoms with Crippen molar-refractivity contribution in [2.45, 2.75) is 25.5 Å². The molecule has 0 aliphatic carbocycles. The van der Waals surface area contributed by atoms with Crippen molar-refractivity contribution in [1.82, 2.24) is 4.90 Å². The lowest BCUT2D eigenvalue weighted by molar-refractivity contribution is 0.0791. The molecule has 0 radical (unpaired) electrons. The van der Waals surface area contributed by atoms with Crippen molar-refractivity contribution in [1.29, 1.82) is 0 Å². The van der Waals surface area contributed by atoms with Crippen molar-refractivity contribution in [2.75, 3.05) is 19.3 Å². The summed E-state index contributed by atoms with van der Waals surface area (Å²) in [5, 5.41) is 0.595. The maximum atomic E-state index is 12.2. The van der Waals surface area contributed by atoms with Gasteiger partial charge in [0, 0.05) is 18.3 Å². The number of thioether (sulfide) groups is 1. The van der Waals surface area contributed by atoms with E-state index in [1.165, 1.54) is 0 Å². The van der Waals surface area contributed by atoms with E-state index in [1.54, 1.807) is 0 Å². The summed E-state index contributed by atoms with van der Waals surface area (Å²) in [4.78, 5) is 14.1. The van der Waals surface area contributed by atoms with Crippen molar-refractivity contribution in [3.8, 4) is 0 Å². The number of carbonyl (C=O) groups excluding carboxylic acids is 1. The van der Waals surface area contributed by atoms with Crippen molar-refractivity contribution in [2.24, 2.45) is 0 Å². The monoisotopic (exact) mass is 239 g/mol. The van der Waals surface area contributed by atoms with Crippen LogP contribution in [-0.4, -0.2) is 35.4 Å². The van der Waals surface area contributed by atoms with Crippen LogP contribution in [-0.2, 0) is 0 Å². The molecule has 2 heterocycles. The highest BCUT2D eigenvalue weighted by atomic mass is 32.2. The molecule has 0 spiro atoms. The highest BCUT2D eigenvalue weighted by molar-refractivity contribution is 7.99. The molecular weight excluding hydrogens is 222 g/mol. The lowest BCUT2D eigenvalue weighted by atomic mass is 10.2. The summed E-state index contributed by atoms with van der Waals surface area (Å²) in [6, 6.07) is 1.84. The van der Waals surface area contributed by atoms with Gasteiger partial charge in [0.25, 0.3) is 5.91 Å². The van der Waals surface area contributed by atoms with Crippen LogP contribution in [0.2, 0.25) is 0 Å². The average molecular weight is 239 g/mol.